The van der Waals surface area contributed by atoms with Crippen LogP contribution < -0.4 is 11.1 Å². The topological polar surface area (TPSA) is 139 Å². The van der Waals surface area contributed by atoms with E-state index in [0.29, 0.717) is 32.6 Å². The molecule has 0 radical (unpaired) electrons. The van der Waals surface area contributed by atoms with E-state index in [0.717, 1.165) is 54.3 Å². The van der Waals surface area contributed by atoms with Crippen LogP contribution in [0.5, 0.6) is 0 Å². The number of rotatable bonds is 6. The van der Waals surface area contributed by atoms with Crippen molar-refractivity contribution in [2.45, 2.75) is 49.0 Å². The molecule has 2 aliphatic carbocycles. The fraction of sp³-hybridized carbons (Fsp3) is 0.296. The van der Waals surface area contributed by atoms with Crippen LogP contribution in [0.4, 0.5) is 10.8 Å². The number of nitrogen functional groups attached to an aromatic ring is 1. The zero-order valence-corrected chi connectivity index (χ0v) is 21.0. The molecule has 0 unspecified atom stereocenters. The molecule has 7 nitrogen and oxygen atoms in total. The number of thiophene rings is 1. The maximum absolute atomic E-state index is 12.9. The Hall–Kier alpha value is -3.84. The number of aromatic nitrogens is 1. The molecule has 0 saturated heterocycles. The third kappa shape index (κ3) is 4.54. The van der Waals surface area contributed by atoms with Crippen molar-refractivity contribution in [3.8, 4) is 18.2 Å². The number of anilines is 2. The van der Waals surface area contributed by atoms with Gasteiger partial charge >= 0.3 is 0 Å². The van der Waals surface area contributed by atoms with E-state index in [2.05, 4.69) is 40.6 Å². The minimum Gasteiger partial charge on any atom is -0.383 e. The summed E-state index contributed by atoms with van der Waals surface area (Å²) < 4.78 is 0. The van der Waals surface area contributed by atoms with E-state index in [9.17, 15) is 20.6 Å². The minimum absolute atomic E-state index is 0.0111. The number of pyridine rings is 1. The number of nitrogens with zero attached hydrogens (tertiary/aromatic N) is 4. The Morgan fingerprint density at radius 1 is 1.06 bits per heavy atom. The Morgan fingerprint density at radius 3 is 2.44 bits per heavy atom. The summed E-state index contributed by atoms with van der Waals surface area (Å²) in [7, 11) is 0. The molecular formula is C27H22N6OS2. The number of nitrogens with one attached hydrogen (secondary N) is 1. The summed E-state index contributed by atoms with van der Waals surface area (Å²) in [5.41, 5.74) is 10.1. The van der Waals surface area contributed by atoms with Crippen LogP contribution in [0.15, 0.2) is 35.4 Å². The number of amides is 1. The summed E-state index contributed by atoms with van der Waals surface area (Å²) in [6.07, 6.45) is 4.44. The summed E-state index contributed by atoms with van der Waals surface area (Å²) in [6, 6.07) is 16.9. The number of nitriles is 3. The Morgan fingerprint density at radius 2 is 1.78 bits per heavy atom. The first kappa shape index (κ1) is 23.9. The molecule has 1 atom stereocenters. The monoisotopic (exact) mass is 510 g/mol. The van der Waals surface area contributed by atoms with Crippen LogP contribution in [-0.4, -0.2) is 16.6 Å². The van der Waals surface area contributed by atoms with Gasteiger partial charge in [-0.2, -0.15) is 15.8 Å². The molecule has 2 heterocycles. The highest BCUT2D eigenvalue weighted by molar-refractivity contribution is 8.00. The lowest BCUT2D eigenvalue weighted by Gasteiger charge is -2.22. The fourth-order valence-electron chi connectivity index (χ4n) is 4.81. The standard InChI is InChI=1S/C27H22N6OS2/c28-11-19-18-9-8-17(15-4-2-1-3-5-15)10-22(18)36-27(19)32-23(34)14-35-26-21(13-30)24(16-6-7-16)20(12-29)25(31)33-26/h1-5,16-17H,6-10,14H2,(H2,31,33)(H,32,34)/t17-/m1/s1. The maximum Gasteiger partial charge on any atom is 0.235 e. The first-order valence-corrected chi connectivity index (χ1v) is 13.5. The van der Waals surface area contributed by atoms with E-state index in [1.807, 2.05) is 18.2 Å². The van der Waals surface area contributed by atoms with Crippen LogP contribution in [0.25, 0.3) is 0 Å². The zero-order chi connectivity index (χ0) is 25.2. The zero-order valence-electron chi connectivity index (χ0n) is 19.4. The van der Waals surface area contributed by atoms with Crippen LogP contribution in [0.1, 0.15) is 69.4 Å². The first-order chi connectivity index (χ1) is 17.5. The molecule has 178 valence electrons. The number of nitrogens with two attached hydrogens (primary N) is 1. The van der Waals surface area contributed by atoms with Gasteiger partial charge in [0.05, 0.1) is 22.4 Å². The molecule has 1 fully saturated rings. The van der Waals surface area contributed by atoms with Gasteiger partial charge in [-0.1, -0.05) is 42.1 Å². The Kier molecular flexibility index (Phi) is 6.65. The number of carbonyl (C=O) groups is 1. The molecule has 5 rings (SSSR count). The van der Waals surface area contributed by atoms with Crippen molar-refractivity contribution in [3.63, 3.8) is 0 Å². The summed E-state index contributed by atoms with van der Waals surface area (Å²) in [4.78, 5) is 18.3. The van der Waals surface area contributed by atoms with Crippen molar-refractivity contribution in [2.24, 2.45) is 0 Å². The van der Waals surface area contributed by atoms with Crippen LogP contribution in [-0.2, 0) is 17.6 Å². The van der Waals surface area contributed by atoms with Crippen molar-refractivity contribution >= 4 is 39.8 Å². The van der Waals surface area contributed by atoms with E-state index < -0.39 is 0 Å². The van der Waals surface area contributed by atoms with E-state index in [1.54, 1.807) is 0 Å². The third-order valence-electron chi connectivity index (χ3n) is 6.68. The molecule has 3 N–H and O–H groups in total. The SMILES string of the molecule is N#Cc1c(NC(=O)CSc2nc(N)c(C#N)c(C3CC3)c2C#N)sc2c1CC[C@@H](c1ccccc1)C2. The van der Waals surface area contributed by atoms with E-state index >= 15 is 0 Å². The van der Waals surface area contributed by atoms with Gasteiger partial charge in [0.1, 0.15) is 34.1 Å². The number of hydrogen-bond donors (Lipinski definition) is 2. The predicted octanol–water partition coefficient (Wildman–Crippen LogP) is 5.22. The maximum atomic E-state index is 12.9. The van der Waals surface area contributed by atoms with Crippen molar-refractivity contribution in [1.82, 2.24) is 4.98 Å². The Bertz CT molecular complexity index is 1470. The number of carbonyl (C=O) groups excluding carboxylic acids is 1. The van der Waals surface area contributed by atoms with Gasteiger partial charge in [0.15, 0.2) is 0 Å². The molecule has 1 saturated carbocycles. The van der Waals surface area contributed by atoms with Crippen molar-refractivity contribution in [3.05, 3.63) is 68.6 Å². The Balaban J connectivity index is 1.32. The molecule has 0 spiro atoms. The van der Waals surface area contributed by atoms with Gasteiger partial charge in [-0.15, -0.1) is 11.3 Å². The van der Waals surface area contributed by atoms with Crippen molar-refractivity contribution < 1.29 is 4.79 Å². The number of benzene rings is 1. The Labute approximate surface area is 217 Å². The smallest absolute Gasteiger partial charge is 0.235 e. The van der Waals surface area contributed by atoms with Gasteiger partial charge in [0.25, 0.3) is 0 Å². The van der Waals surface area contributed by atoms with Gasteiger partial charge in [-0.05, 0) is 60.6 Å². The second-order valence-corrected chi connectivity index (χ2v) is 11.0. The fourth-order valence-corrected chi connectivity index (χ4v) is 6.91. The molecule has 1 amide bonds. The second-order valence-electron chi connectivity index (χ2n) is 8.97. The molecule has 2 aliphatic rings. The summed E-state index contributed by atoms with van der Waals surface area (Å²) >= 11 is 2.60. The average molecular weight is 511 g/mol. The molecule has 3 aromatic rings. The van der Waals surface area contributed by atoms with Crippen LogP contribution in [0, 0.1) is 34.0 Å². The molecule has 0 bridgehead atoms. The highest BCUT2D eigenvalue weighted by Crippen LogP contribution is 2.46. The minimum atomic E-state index is -0.281. The lowest BCUT2D eigenvalue weighted by atomic mass is 9.83. The molecular weight excluding hydrogens is 488 g/mol. The highest BCUT2D eigenvalue weighted by atomic mass is 32.2. The van der Waals surface area contributed by atoms with Gasteiger partial charge in [-0.25, -0.2) is 4.98 Å². The normalized spacial score (nSPS) is 16.3. The van der Waals surface area contributed by atoms with Crippen LogP contribution >= 0.6 is 23.1 Å². The molecule has 9 heteroatoms. The average Bonchev–Trinajstić information content (AvgIpc) is 3.68. The molecule has 0 aliphatic heterocycles. The number of fused-ring (bicyclic) bond motifs is 1. The highest BCUT2D eigenvalue weighted by Gasteiger charge is 2.33. The van der Waals surface area contributed by atoms with E-state index in [4.69, 9.17) is 5.73 Å². The van der Waals surface area contributed by atoms with E-state index in [-0.39, 0.29) is 29.0 Å². The van der Waals surface area contributed by atoms with Gasteiger partial charge in [0, 0.05) is 4.88 Å². The molecule has 2 aromatic heterocycles. The third-order valence-corrected chi connectivity index (χ3v) is 8.83. The van der Waals surface area contributed by atoms with Gasteiger partial charge in [-0.3, -0.25) is 4.79 Å². The van der Waals surface area contributed by atoms with Crippen LogP contribution in [0.2, 0.25) is 0 Å². The summed E-state index contributed by atoms with van der Waals surface area (Å²) in [6.45, 7) is 0. The largest absolute Gasteiger partial charge is 0.383 e. The number of thioether (sulfide) groups is 1. The van der Waals surface area contributed by atoms with Gasteiger partial charge in [0.2, 0.25) is 5.91 Å². The van der Waals surface area contributed by atoms with Crippen LogP contribution in [0.3, 0.4) is 0 Å². The molecule has 36 heavy (non-hydrogen) atoms. The summed E-state index contributed by atoms with van der Waals surface area (Å²) in [5, 5.41) is 32.9. The quantitative estimate of drug-likeness (QED) is 0.433. The summed E-state index contributed by atoms with van der Waals surface area (Å²) in [5.74, 6) is 0.365. The predicted molar refractivity (Wildman–Crippen MR) is 140 cm³/mol. The molecule has 1 aromatic carbocycles. The lowest BCUT2D eigenvalue weighted by Crippen LogP contribution is -2.15. The van der Waals surface area contributed by atoms with Crippen molar-refractivity contribution in [1.29, 1.82) is 15.8 Å². The number of hydrogen-bond acceptors (Lipinski definition) is 8. The lowest BCUT2D eigenvalue weighted by molar-refractivity contribution is -0.113. The van der Waals surface area contributed by atoms with E-state index in [1.165, 1.54) is 16.9 Å². The van der Waals surface area contributed by atoms with Crippen molar-refractivity contribution in [2.75, 3.05) is 16.8 Å². The van der Waals surface area contributed by atoms with Gasteiger partial charge < -0.3 is 11.1 Å². The second kappa shape index (κ2) is 10.0. The first-order valence-electron chi connectivity index (χ1n) is 11.7.